The van der Waals surface area contributed by atoms with Crippen molar-refractivity contribution in [2.24, 2.45) is 0 Å². The number of hydrogen-bond acceptors (Lipinski definition) is 5. The van der Waals surface area contributed by atoms with E-state index in [0.29, 0.717) is 0 Å². The first-order chi connectivity index (χ1) is 16.4. The molecule has 0 bridgehead atoms. The van der Waals surface area contributed by atoms with E-state index in [2.05, 4.69) is 71.0 Å². The van der Waals surface area contributed by atoms with Gasteiger partial charge in [-0.3, -0.25) is 4.79 Å². The number of nitrogens with one attached hydrogen (secondary N) is 1. The van der Waals surface area contributed by atoms with Gasteiger partial charge in [0.2, 0.25) is 0 Å². The Bertz CT molecular complexity index is 1310. The fraction of sp³-hybridized carbons (Fsp3) is 0.172. The molecule has 0 spiro atoms. The third-order valence-corrected chi connectivity index (χ3v) is 5.10. The van der Waals surface area contributed by atoms with Gasteiger partial charge in [-0.15, -0.1) is 17.7 Å². The van der Waals surface area contributed by atoms with Crippen LogP contribution in [0.25, 0.3) is 33.2 Å². The first kappa shape index (κ1) is 28.0. The number of aliphatic hydroxyl groups is 1. The fourth-order valence-electron chi connectivity index (χ4n) is 3.70. The number of ketones is 1. The van der Waals surface area contributed by atoms with Crippen LogP contribution in [0.15, 0.2) is 84.8 Å². The van der Waals surface area contributed by atoms with Crippen molar-refractivity contribution in [3.63, 3.8) is 0 Å². The van der Waals surface area contributed by atoms with Gasteiger partial charge in [0.1, 0.15) is 0 Å². The summed E-state index contributed by atoms with van der Waals surface area (Å²) in [7, 11) is 3.63. The number of carbonyl (C=O) groups excluding carboxylic acids is 1. The number of ether oxygens (including phenoxy) is 1. The van der Waals surface area contributed by atoms with E-state index in [9.17, 15) is 4.79 Å². The van der Waals surface area contributed by atoms with Crippen LogP contribution < -0.4 is 10.1 Å². The average molecular weight is 649 g/mol. The van der Waals surface area contributed by atoms with Crippen molar-refractivity contribution >= 4 is 16.6 Å². The molecule has 35 heavy (non-hydrogen) atoms. The number of hydrogen-bond donors (Lipinski definition) is 2. The molecule has 3 aromatic carbocycles. The van der Waals surface area contributed by atoms with Crippen LogP contribution in [0.2, 0.25) is 0 Å². The molecule has 0 unspecified atom stereocenters. The van der Waals surface area contributed by atoms with Crippen LogP contribution in [0.1, 0.15) is 19.4 Å². The standard InChI is InChI=1S/C24H21N2O.C5H8O2.Pt/c1-25-16-17-12-13-26-24(14-17)22-11-10-19(27-2)15-23(22)21-9-5-7-18-6-3-4-8-20(18)21;1-4(6)3-5(2)7;/h3-10,12-15,25H,16H2,1-2H3;3,6H,1-2H3;/q-1;;/b;4-3-;. The summed E-state index contributed by atoms with van der Waals surface area (Å²) >= 11 is 0. The maximum atomic E-state index is 10.0. The molecule has 2 N–H and O–H groups in total. The van der Waals surface area contributed by atoms with Crippen molar-refractivity contribution in [1.82, 2.24) is 10.3 Å². The van der Waals surface area contributed by atoms with Crippen LogP contribution >= 0.6 is 0 Å². The Kier molecular flexibility index (Phi) is 10.8. The van der Waals surface area contributed by atoms with Gasteiger partial charge in [-0.05, 0) is 49.0 Å². The second kappa shape index (κ2) is 13.6. The first-order valence-corrected chi connectivity index (χ1v) is 11.0. The maximum absolute atomic E-state index is 10.0. The molecule has 184 valence electrons. The van der Waals surface area contributed by atoms with E-state index < -0.39 is 0 Å². The maximum Gasteiger partial charge on any atom is 0.155 e. The predicted molar refractivity (Wildman–Crippen MR) is 138 cm³/mol. The summed E-state index contributed by atoms with van der Waals surface area (Å²) in [6.45, 7) is 3.65. The predicted octanol–water partition coefficient (Wildman–Crippen LogP) is 6.13. The first-order valence-electron chi connectivity index (χ1n) is 11.0. The van der Waals surface area contributed by atoms with E-state index in [-0.39, 0.29) is 32.6 Å². The van der Waals surface area contributed by atoms with Gasteiger partial charge in [-0.25, -0.2) is 0 Å². The van der Waals surface area contributed by atoms with Crippen molar-refractivity contribution < 1.29 is 35.7 Å². The summed E-state index contributed by atoms with van der Waals surface area (Å²) in [5.41, 5.74) is 5.30. The second-order valence-corrected chi connectivity index (χ2v) is 7.83. The summed E-state index contributed by atoms with van der Waals surface area (Å²) in [6.07, 6.45) is 3.02. The molecule has 0 aliphatic heterocycles. The molecule has 0 aliphatic carbocycles. The van der Waals surface area contributed by atoms with Gasteiger partial charge >= 0.3 is 0 Å². The molecule has 0 saturated carbocycles. The normalized spacial score (nSPS) is 10.7. The Hall–Kier alpha value is -3.27. The average Bonchev–Trinajstić information content (AvgIpc) is 2.83. The molecule has 4 rings (SSSR count). The van der Waals surface area contributed by atoms with E-state index in [1.165, 1.54) is 36.3 Å². The van der Waals surface area contributed by atoms with Crippen LogP contribution in [0.3, 0.4) is 0 Å². The van der Waals surface area contributed by atoms with E-state index in [0.717, 1.165) is 34.7 Å². The number of methoxy groups -OCH3 is 1. The van der Waals surface area contributed by atoms with Gasteiger partial charge in [0, 0.05) is 45.6 Å². The van der Waals surface area contributed by atoms with Gasteiger partial charge in [-0.2, -0.15) is 0 Å². The molecule has 0 saturated heterocycles. The number of pyridine rings is 1. The van der Waals surface area contributed by atoms with Crippen LogP contribution in [0.5, 0.6) is 5.75 Å². The summed E-state index contributed by atoms with van der Waals surface area (Å²) in [6, 6.07) is 26.3. The zero-order valence-electron chi connectivity index (χ0n) is 20.2. The fourth-order valence-corrected chi connectivity index (χ4v) is 3.70. The van der Waals surface area contributed by atoms with Crippen molar-refractivity contribution in [2.45, 2.75) is 20.4 Å². The van der Waals surface area contributed by atoms with Crippen molar-refractivity contribution in [3.8, 4) is 28.1 Å². The molecule has 0 radical (unpaired) electrons. The molecular formula is C29H29N2O3Pt-. The molecular weight excluding hydrogens is 619 g/mol. The summed E-state index contributed by atoms with van der Waals surface area (Å²) in [4.78, 5) is 14.6. The molecule has 1 aromatic heterocycles. The van der Waals surface area contributed by atoms with E-state index in [1.54, 1.807) is 7.11 Å². The smallest absolute Gasteiger partial charge is 0.155 e. The monoisotopic (exact) mass is 648 g/mol. The van der Waals surface area contributed by atoms with Crippen molar-refractivity contribution in [2.75, 3.05) is 14.2 Å². The Morgan fingerprint density at radius 3 is 2.49 bits per heavy atom. The molecule has 4 aromatic rings. The van der Waals surface area contributed by atoms with E-state index in [1.807, 2.05) is 25.4 Å². The quantitative estimate of drug-likeness (QED) is 0.150. The van der Waals surface area contributed by atoms with Crippen molar-refractivity contribution in [3.05, 3.63) is 96.4 Å². The number of allylic oxidation sites excluding steroid dienone is 2. The van der Waals surface area contributed by atoms with E-state index >= 15 is 0 Å². The Balaban J connectivity index is 0.000000476. The number of rotatable bonds is 6. The minimum atomic E-state index is -0.125. The molecule has 0 atom stereocenters. The zero-order chi connectivity index (χ0) is 24.5. The minimum Gasteiger partial charge on any atom is -0.540 e. The van der Waals surface area contributed by atoms with Crippen molar-refractivity contribution in [1.29, 1.82) is 0 Å². The van der Waals surface area contributed by atoms with Gasteiger partial charge in [0.05, 0.1) is 12.9 Å². The number of nitrogens with zero attached hydrogens (tertiary/aromatic N) is 1. The van der Waals surface area contributed by atoms with Gasteiger partial charge in [0.25, 0.3) is 0 Å². The SMILES string of the molecule is CC(=O)/C=C(/C)O.CNCc1ccnc(-c2[c-]cc(OC)cc2-c2cccc3ccccc23)c1.[Pt]. The molecule has 5 nitrogen and oxygen atoms in total. The molecule has 0 aliphatic rings. The third-order valence-electron chi connectivity index (χ3n) is 5.10. The number of aliphatic hydroxyl groups excluding tert-OH is 1. The number of aromatic nitrogens is 1. The van der Waals surface area contributed by atoms with Crippen LogP contribution in [-0.2, 0) is 32.4 Å². The molecule has 0 fully saturated rings. The van der Waals surface area contributed by atoms with Crippen LogP contribution in [0, 0.1) is 6.07 Å². The van der Waals surface area contributed by atoms with Gasteiger partial charge in [0.15, 0.2) is 5.78 Å². The summed E-state index contributed by atoms with van der Waals surface area (Å²) in [5.74, 6) is 0.723. The molecule has 1 heterocycles. The molecule has 0 amide bonds. The second-order valence-electron chi connectivity index (χ2n) is 7.83. The minimum absolute atomic E-state index is 0. The van der Waals surface area contributed by atoms with Crippen LogP contribution in [-0.4, -0.2) is 30.0 Å². The molecule has 6 heteroatoms. The number of benzene rings is 3. The van der Waals surface area contributed by atoms with Gasteiger partial charge < -0.3 is 20.1 Å². The largest absolute Gasteiger partial charge is 0.540 e. The summed E-state index contributed by atoms with van der Waals surface area (Å²) in [5, 5.41) is 14.0. The Labute approximate surface area is 221 Å². The zero-order valence-corrected chi connectivity index (χ0v) is 22.5. The van der Waals surface area contributed by atoms with Gasteiger partial charge in [-0.1, -0.05) is 65.7 Å². The Morgan fingerprint density at radius 1 is 1.09 bits per heavy atom. The third kappa shape index (κ3) is 7.61. The number of carbonyl (C=O) groups is 1. The topological polar surface area (TPSA) is 71.5 Å². The Morgan fingerprint density at radius 2 is 1.83 bits per heavy atom. The van der Waals surface area contributed by atoms with E-state index in [4.69, 9.17) is 9.84 Å². The summed E-state index contributed by atoms with van der Waals surface area (Å²) < 4.78 is 5.48. The van der Waals surface area contributed by atoms with Crippen LogP contribution in [0.4, 0.5) is 0 Å². The number of fused-ring (bicyclic) bond motifs is 1.